The molecule has 0 amide bonds. The topological polar surface area (TPSA) is 0 Å². The lowest BCUT2D eigenvalue weighted by atomic mass is 9.83. The molecule has 24 aromatic carbocycles. The van der Waals surface area contributed by atoms with E-state index in [-0.39, 0.29) is 5.82 Å². The van der Waals surface area contributed by atoms with Crippen LogP contribution in [0.3, 0.4) is 0 Å². The molecule has 0 nitrogen and oxygen atoms in total. The Labute approximate surface area is 733 Å². The first-order valence-electron chi connectivity index (χ1n) is 43.4. The van der Waals surface area contributed by atoms with Crippen LogP contribution in [0, 0.1) is 12.7 Å². The van der Waals surface area contributed by atoms with Gasteiger partial charge in [-0.1, -0.05) is 431 Å². The largest absolute Gasteiger partial charge is 0.207 e. The van der Waals surface area contributed by atoms with E-state index in [2.05, 4.69) is 468 Å². The van der Waals surface area contributed by atoms with Crippen LogP contribution in [-0.2, 0) is 0 Å². The van der Waals surface area contributed by atoms with Gasteiger partial charge in [0.15, 0.2) is 0 Å². The normalized spacial score (nSPS) is 11.4. The van der Waals surface area contributed by atoms with Gasteiger partial charge in [0.2, 0.25) is 0 Å². The van der Waals surface area contributed by atoms with Crippen molar-refractivity contribution in [3.05, 3.63) is 497 Å². The third kappa shape index (κ3) is 14.1. The van der Waals surface area contributed by atoms with Crippen LogP contribution in [0.25, 0.3) is 230 Å². The van der Waals surface area contributed by atoms with Gasteiger partial charge in [-0.3, -0.25) is 0 Å². The summed E-state index contributed by atoms with van der Waals surface area (Å²) < 4.78 is 13.4. The minimum Gasteiger partial charge on any atom is -0.207 e. The van der Waals surface area contributed by atoms with E-state index in [1.165, 1.54) is 237 Å². The van der Waals surface area contributed by atoms with E-state index < -0.39 is 0 Å². The zero-order chi connectivity index (χ0) is 84.0. The van der Waals surface area contributed by atoms with Gasteiger partial charge in [0, 0.05) is 0 Å². The summed E-state index contributed by atoms with van der Waals surface area (Å²) in [5.74, 6) is -0.218. The fourth-order valence-corrected chi connectivity index (χ4v) is 19.7. The molecule has 0 atom stereocenters. The Morgan fingerprint density at radius 1 is 0.127 bits per heavy atom. The Hall–Kier alpha value is -16.2. The summed E-state index contributed by atoms with van der Waals surface area (Å²) in [6.07, 6.45) is 0. The number of hydrogen-bond acceptors (Lipinski definition) is 0. The second kappa shape index (κ2) is 33.0. The van der Waals surface area contributed by atoms with Crippen molar-refractivity contribution in [2.45, 2.75) is 6.92 Å². The molecule has 0 aromatic heterocycles. The lowest BCUT2D eigenvalue weighted by Crippen LogP contribution is -1.92. The maximum Gasteiger partial charge on any atom is 0.123 e. The van der Waals surface area contributed by atoms with Crippen LogP contribution < -0.4 is 0 Å². The number of fused-ring (bicyclic) bond motifs is 10. The molecule has 0 N–H and O–H groups in total. The van der Waals surface area contributed by atoms with E-state index in [4.69, 9.17) is 0 Å². The molecule has 0 fully saturated rings. The highest BCUT2D eigenvalue weighted by atomic mass is 19.1. The second-order valence-corrected chi connectivity index (χ2v) is 32.9. The fourth-order valence-electron chi connectivity index (χ4n) is 19.7. The van der Waals surface area contributed by atoms with Gasteiger partial charge in [-0.2, -0.15) is 0 Å². The van der Waals surface area contributed by atoms with Gasteiger partial charge in [0.1, 0.15) is 5.82 Å². The van der Waals surface area contributed by atoms with Crippen molar-refractivity contribution in [2.75, 3.05) is 0 Å². The average molecular weight is 1600 g/mol. The van der Waals surface area contributed by atoms with Gasteiger partial charge < -0.3 is 0 Å². The fraction of sp³-hybridized carbons (Fsp3) is 0.00800. The van der Waals surface area contributed by atoms with E-state index in [9.17, 15) is 4.39 Å². The standard InChI is InChI=1S/C46H30.C42H28.C37H25F/c1-2-13-31(14-3-1)36-28-37(40-24-12-18-33-16-6-7-19-39(33)40)30-38(29-36)46-43-22-10-8-20-41(43)45(42-21-9-11-23-44(42)46)35-26-25-32-15-4-5-17-34(32)27-35;1-3-14-29(15-4-1)32-26-33(30-16-5-2-6-17-30)28-34(27-32)41-37-21-9-11-23-39(37)42(40-24-12-10-22-38(40)41)36-25-13-19-31-18-7-8-20-35(31)36;1-24-14-23-35(30-9-3-2-8-29(24)30)37-33-12-6-4-10-31(33)36(32-11-5-7-13-34(32)37)27-17-15-25(16-18-27)26-19-21-28(38)22-20-26/h1-30H;1-28H;2-23H,1H3. The summed E-state index contributed by atoms with van der Waals surface area (Å²) in [4.78, 5) is 0. The highest BCUT2D eigenvalue weighted by Gasteiger charge is 2.24. The van der Waals surface area contributed by atoms with Crippen molar-refractivity contribution < 1.29 is 4.39 Å². The lowest BCUT2D eigenvalue weighted by molar-refractivity contribution is 0.628. The smallest absolute Gasteiger partial charge is 0.123 e. The van der Waals surface area contributed by atoms with Crippen molar-refractivity contribution in [1.82, 2.24) is 0 Å². The molecule has 1 heteroatoms. The molecule has 590 valence electrons. The van der Waals surface area contributed by atoms with Crippen molar-refractivity contribution in [2.24, 2.45) is 0 Å². The van der Waals surface area contributed by atoms with Crippen molar-refractivity contribution in [1.29, 1.82) is 0 Å². The van der Waals surface area contributed by atoms with Gasteiger partial charge in [-0.25, -0.2) is 4.39 Å². The van der Waals surface area contributed by atoms with E-state index in [0.29, 0.717) is 0 Å². The number of hydrogen-bond donors (Lipinski definition) is 0. The van der Waals surface area contributed by atoms with E-state index >= 15 is 0 Å². The predicted octanol–water partition coefficient (Wildman–Crippen LogP) is 35.4. The van der Waals surface area contributed by atoms with Crippen LogP contribution in [0.15, 0.2) is 485 Å². The summed E-state index contributed by atoms with van der Waals surface area (Å²) in [6, 6.07) is 174. The molecule has 24 aromatic rings. The Bertz CT molecular complexity index is 8070. The molecule has 0 radical (unpaired) electrons. The van der Waals surface area contributed by atoms with E-state index in [0.717, 1.165) is 11.1 Å². The minimum absolute atomic E-state index is 0.218. The predicted molar refractivity (Wildman–Crippen MR) is 539 cm³/mol. The SMILES string of the molecule is Cc1ccc(-c2c3ccccc3c(-c3ccc(-c4ccc(F)cc4)cc3)c3ccccc23)c2ccccc12.c1ccc(-c2cc(-c3cccc4ccccc34)cc(-c3c4ccccc4c(-c4ccc5ccccc5c4)c4ccccc34)c2)cc1.c1ccc(-c2cc(-c3ccccc3)cc(-c3c4ccccc4c(-c4cccc5ccccc45)c4ccccc34)c2)cc1. The van der Waals surface area contributed by atoms with Gasteiger partial charge in [0.05, 0.1) is 0 Å². The maximum absolute atomic E-state index is 13.4. The van der Waals surface area contributed by atoms with Crippen LogP contribution >= 0.6 is 0 Å². The summed E-state index contributed by atoms with van der Waals surface area (Å²) in [6.45, 7) is 2.18. The summed E-state index contributed by atoms with van der Waals surface area (Å²) in [5, 5.41) is 25.2. The minimum atomic E-state index is -0.218. The number of aryl methyl sites for hydroxylation is 1. The van der Waals surface area contributed by atoms with Gasteiger partial charge in [0.25, 0.3) is 0 Å². The van der Waals surface area contributed by atoms with Crippen LogP contribution in [-0.4, -0.2) is 0 Å². The van der Waals surface area contributed by atoms with E-state index in [1.807, 2.05) is 12.1 Å². The van der Waals surface area contributed by atoms with Crippen LogP contribution in [0.5, 0.6) is 0 Å². The van der Waals surface area contributed by atoms with Gasteiger partial charge in [-0.15, -0.1) is 0 Å². The molecule has 0 heterocycles. The van der Waals surface area contributed by atoms with Gasteiger partial charge in [-0.05, 0) is 297 Å². The first kappa shape index (κ1) is 76.0. The lowest BCUT2D eigenvalue weighted by Gasteiger charge is -2.20. The third-order valence-corrected chi connectivity index (χ3v) is 25.5. The Morgan fingerprint density at radius 2 is 0.389 bits per heavy atom. The van der Waals surface area contributed by atoms with Crippen molar-refractivity contribution in [3.63, 3.8) is 0 Å². The van der Waals surface area contributed by atoms with Crippen LogP contribution in [0.2, 0.25) is 0 Å². The average Bonchev–Trinajstić information content (AvgIpc) is 0.735. The molecule has 0 saturated carbocycles. The maximum atomic E-state index is 13.4. The Morgan fingerprint density at radius 3 is 0.817 bits per heavy atom. The number of halogens is 1. The second-order valence-electron chi connectivity index (χ2n) is 32.9. The summed E-state index contributed by atoms with van der Waals surface area (Å²) >= 11 is 0. The molecular weight excluding hydrogens is 1520 g/mol. The molecule has 0 saturated heterocycles. The Kier molecular flexibility index (Phi) is 19.9. The summed E-state index contributed by atoms with van der Waals surface area (Å²) in [7, 11) is 0. The molecule has 0 aliphatic rings. The number of benzene rings is 24. The molecular formula is C125H83F. The van der Waals surface area contributed by atoms with Crippen LogP contribution in [0.1, 0.15) is 5.56 Å². The van der Waals surface area contributed by atoms with E-state index in [1.54, 1.807) is 0 Å². The van der Waals surface area contributed by atoms with Crippen molar-refractivity contribution in [3.8, 4) is 122 Å². The van der Waals surface area contributed by atoms with Crippen LogP contribution in [0.4, 0.5) is 4.39 Å². The number of rotatable bonds is 11. The zero-order valence-corrected chi connectivity index (χ0v) is 69.6. The first-order chi connectivity index (χ1) is 62.3. The first-order valence-corrected chi connectivity index (χ1v) is 43.4. The third-order valence-electron chi connectivity index (χ3n) is 25.5. The summed E-state index contributed by atoms with van der Waals surface area (Å²) in [5.41, 5.74) is 28.2. The van der Waals surface area contributed by atoms with Crippen molar-refractivity contribution >= 4 is 108 Å². The molecule has 0 unspecified atom stereocenters. The Balaban J connectivity index is 0.000000112. The molecule has 0 spiro atoms. The molecule has 0 bridgehead atoms. The highest BCUT2D eigenvalue weighted by Crippen LogP contribution is 2.51. The molecule has 126 heavy (non-hydrogen) atoms. The zero-order valence-electron chi connectivity index (χ0n) is 69.6. The quantitative estimate of drug-likeness (QED) is 0.113. The van der Waals surface area contributed by atoms with Gasteiger partial charge >= 0.3 is 0 Å². The highest BCUT2D eigenvalue weighted by molar-refractivity contribution is 6.27. The molecule has 24 rings (SSSR count). The molecule has 0 aliphatic heterocycles. The molecule has 0 aliphatic carbocycles. The monoisotopic (exact) mass is 1600 g/mol.